The number of fused-ring (bicyclic) bond motifs is 2. The van der Waals surface area contributed by atoms with Crippen molar-refractivity contribution in [1.82, 2.24) is 29.3 Å². The van der Waals surface area contributed by atoms with Gasteiger partial charge in [-0.15, -0.1) is 5.10 Å². The van der Waals surface area contributed by atoms with Crippen LogP contribution in [0.15, 0.2) is 45.3 Å². The summed E-state index contributed by atoms with van der Waals surface area (Å²) in [6, 6.07) is 5.53. The predicted molar refractivity (Wildman–Crippen MR) is 113 cm³/mol. The molecule has 5 rings (SSSR count). The number of aromatic amines is 1. The van der Waals surface area contributed by atoms with E-state index >= 15 is 0 Å². The van der Waals surface area contributed by atoms with Crippen LogP contribution in [0.4, 0.5) is 0 Å². The van der Waals surface area contributed by atoms with E-state index in [1.807, 2.05) is 19.2 Å². The maximum Gasteiger partial charge on any atom is 0.266 e. The molecule has 148 valence electrons. The second-order valence-corrected chi connectivity index (χ2v) is 8.42. The van der Waals surface area contributed by atoms with E-state index in [4.69, 9.17) is 0 Å². The van der Waals surface area contributed by atoms with Crippen molar-refractivity contribution in [3.05, 3.63) is 51.3 Å². The Bertz CT molecular complexity index is 1330. The number of thioether (sulfide) groups is 1. The smallest absolute Gasteiger partial charge is 0.266 e. The summed E-state index contributed by atoms with van der Waals surface area (Å²) in [6.45, 7) is 2.01. The average molecular weight is 408 g/mol. The molecule has 1 aliphatic carbocycles. The monoisotopic (exact) mass is 408 g/mol. The molecule has 0 bridgehead atoms. The number of hydrogen-bond acceptors (Lipinski definition) is 6. The largest absolute Gasteiger partial charge is 0.312 e. The molecule has 0 atom stereocenters. The Morgan fingerprint density at radius 2 is 1.79 bits per heavy atom. The van der Waals surface area contributed by atoms with Gasteiger partial charge in [-0.25, -0.2) is 10.1 Å². The highest BCUT2D eigenvalue weighted by molar-refractivity contribution is 7.99. The fourth-order valence-corrected chi connectivity index (χ4v) is 4.54. The fraction of sp³-hybridized carbons (Fsp3) is 0.350. The van der Waals surface area contributed by atoms with Gasteiger partial charge in [0.1, 0.15) is 0 Å². The van der Waals surface area contributed by atoms with Crippen LogP contribution in [0.1, 0.15) is 38.6 Å². The van der Waals surface area contributed by atoms with Gasteiger partial charge in [0.05, 0.1) is 21.8 Å². The average Bonchev–Trinajstić information content (AvgIpc) is 3.41. The Morgan fingerprint density at radius 3 is 2.55 bits per heavy atom. The molecule has 0 radical (unpaired) electrons. The lowest BCUT2D eigenvalue weighted by Crippen LogP contribution is -2.24. The first kappa shape index (κ1) is 18.1. The zero-order valence-corrected chi connectivity index (χ0v) is 16.8. The topological polar surface area (TPSA) is 98.5 Å². The zero-order valence-electron chi connectivity index (χ0n) is 16.0. The lowest BCUT2D eigenvalue weighted by Gasteiger charge is -2.14. The summed E-state index contributed by atoms with van der Waals surface area (Å²) in [5.74, 6) is 1.19. The van der Waals surface area contributed by atoms with Crippen molar-refractivity contribution in [2.24, 2.45) is 0 Å². The normalized spacial score (nSPS) is 14.9. The molecule has 1 aliphatic rings. The second kappa shape index (κ2) is 7.14. The quantitative estimate of drug-likeness (QED) is 0.412. The van der Waals surface area contributed by atoms with Crippen molar-refractivity contribution in [3.8, 4) is 5.95 Å². The van der Waals surface area contributed by atoms with E-state index in [1.165, 1.54) is 16.3 Å². The van der Waals surface area contributed by atoms with Crippen molar-refractivity contribution in [2.45, 2.75) is 43.8 Å². The van der Waals surface area contributed by atoms with Crippen molar-refractivity contribution in [2.75, 3.05) is 5.75 Å². The number of nitrogens with zero attached hydrogens (tertiary/aromatic N) is 5. The van der Waals surface area contributed by atoms with Gasteiger partial charge in [-0.05, 0) is 36.8 Å². The van der Waals surface area contributed by atoms with Gasteiger partial charge in [-0.2, -0.15) is 4.98 Å². The van der Waals surface area contributed by atoms with Gasteiger partial charge in [0.15, 0.2) is 0 Å². The van der Waals surface area contributed by atoms with Crippen molar-refractivity contribution < 1.29 is 0 Å². The van der Waals surface area contributed by atoms with Crippen LogP contribution in [0.25, 0.3) is 27.8 Å². The summed E-state index contributed by atoms with van der Waals surface area (Å²) in [5, 5.41) is 8.38. The van der Waals surface area contributed by atoms with Crippen LogP contribution in [-0.4, -0.2) is 35.1 Å². The molecule has 0 saturated heterocycles. The summed E-state index contributed by atoms with van der Waals surface area (Å²) in [7, 11) is 0. The highest BCUT2D eigenvalue weighted by Crippen LogP contribution is 2.28. The molecular weight excluding hydrogens is 388 g/mol. The second-order valence-electron chi connectivity index (χ2n) is 7.19. The van der Waals surface area contributed by atoms with Gasteiger partial charge in [0.2, 0.25) is 11.1 Å². The summed E-state index contributed by atoms with van der Waals surface area (Å²) in [4.78, 5) is 35.1. The molecule has 1 saturated carbocycles. The van der Waals surface area contributed by atoms with Crippen LogP contribution in [0, 0.1) is 0 Å². The maximum atomic E-state index is 13.1. The predicted octanol–water partition coefficient (Wildman–Crippen LogP) is 3.05. The molecule has 0 aromatic carbocycles. The molecule has 0 amide bonds. The van der Waals surface area contributed by atoms with Crippen LogP contribution in [0.2, 0.25) is 0 Å². The number of nitrogens with one attached hydrogen (secondary N) is 1. The number of hydrogen-bond donors (Lipinski definition) is 1. The molecule has 1 fully saturated rings. The van der Waals surface area contributed by atoms with Gasteiger partial charge >= 0.3 is 0 Å². The molecule has 0 spiro atoms. The van der Waals surface area contributed by atoms with Crippen molar-refractivity contribution in [1.29, 1.82) is 0 Å². The number of rotatable bonds is 4. The molecule has 8 nitrogen and oxygen atoms in total. The van der Waals surface area contributed by atoms with Gasteiger partial charge in [0.25, 0.3) is 11.1 Å². The lowest BCUT2D eigenvalue weighted by atomic mass is 10.1. The summed E-state index contributed by atoms with van der Waals surface area (Å²) in [6.07, 6.45) is 7.79. The number of pyridine rings is 3. The molecule has 9 heteroatoms. The Morgan fingerprint density at radius 1 is 1.07 bits per heavy atom. The minimum Gasteiger partial charge on any atom is -0.312 e. The maximum absolute atomic E-state index is 13.1. The summed E-state index contributed by atoms with van der Waals surface area (Å²) in [5.41, 5.74) is 0.798. The molecule has 0 unspecified atom stereocenters. The van der Waals surface area contributed by atoms with E-state index in [9.17, 15) is 9.59 Å². The lowest BCUT2D eigenvalue weighted by molar-refractivity contribution is 0.505. The Hall–Kier alpha value is -2.94. The highest BCUT2D eigenvalue weighted by Gasteiger charge is 2.19. The van der Waals surface area contributed by atoms with Gasteiger partial charge in [0, 0.05) is 18.4 Å². The standard InChI is InChI=1S/C20H20N6O2S/c1-2-29-20-22-19(23-24-20)26-10-8-16-14(18(26)28)11-13-15(21-16)7-9-25(17(13)27)12-5-3-4-6-12/h7-12H,2-6H2,1H3,(H,22,23,24). The van der Waals surface area contributed by atoms with Crippen LogP contribution >= 0.6 is 11.8 Å². The first-order valence-corrected chi connectivity index (χ1v) is 10.8. The first-order chi connectivity index (χ1) is 14.2. The molecule has 1 N–H and O–H groups in total. The van der Waals surface area contributed by atoms with E-state index in [1.54, 1.807) is 22.9 Å². The molecule has 29 heavy (non-hydrogen) atoms. The Labute approximate surface area is 170 Å². The molecule has 0 aliphatic heterocycles. The Balaban J connectivity index is 1.68. The summed E-state index contributed by atoms with van der Waals surface area (Å²) >= 11 is 1.49. The van der Waals surface area contributed by atoms with E-state index in [2.05, 4.69) is 20.2 Å². The minimum absolute atomic E-state index is 0.0834. The van der Waals surface area contributed by atoms with E-state index in [-0.39, 0.29) is 17.2 Å². The van der Waals surface area contributed by atoms with E-state index in [0.29, 0.717) is 32.9 Å². The Kier molecular flexibility index (Phi) is 4.46. The van der Waals surface area contributed by atoms with Crippen LogP contribution in [-0.2, 0) is 0 Å². The zero-order chi connectivity index (χ0) is 20.0. The minimum atomic E-state index is -0.281. The van der Waals surface area contributed by atoms with Crippen molar-refractivity contribution in [3.63, 3.8) is 0 Å². The number of aromatic nitrogens is 6. The van der Waals surface area contributed by atoms with Gasteiger partial charge in [-0.3, -0.25) is 14.2 Å². The van der Waals surface area contributed by atoms with Crippen LogP contribution in [0.3, 0.4) is 0 Å². The van der Waals surface area contributed by atoms with Crippen molar-refractivity contribution >= 4 is 33.6 Å². The number of H-pyrrole nitrogens is 1. The fourth-order valence-electron chi connectivity index (χ4n) is 4.02. The molecule has 4 aromatic rings. The van der Waals surface area contributed by atoms with Gasteiger partial charge in [-0.1, -0.05) is 31.5 Å². The highest BCUT2D eigenvalue weighted by atomic mass is 32.2. The SMILES string of the molecule is CCSc1n[nH]c(-n2ccc3nc4ccn(C5CCCC5)c(=O)c4cc3c2=O)n1. The van der Waals surface area contributed by atoms with Crippen LogP contribution < -0.4 is 11.1 Å². The molecule has 4 heterocycles. The third kappa shape index (κ3) is 3.05. The third-order valence-electron chi connectivity index (χ3n) is 5.44. The molecular formula is C20H20N6O2S. The van der Waals surface area contributed by atoms with E-state index < -0.39 is 0 Å². The summed E-state index contributed by atoms with van der Waals surface area (Å²) < 4.78 is 3.20. The third-order valence-corrected chi connectivity index (χ3v) is 6.17. The first-order valence-electron chi connectivity index (χ1n) is 9.78. The molecule has 4 aromatic heterocycles. The van der Waals surface area contributed by atoms with Gasteiger partial charge < -0.3 is 4.57 Å². The van der Waals surface area contributed by atoms with E-state index in [0.717, 1.165) is 31.4 Å². The van der Waals surface area contributed by atoms with Crippen LogP contribution in [0.5, 0.6) is 0 Å².